The van der Waals surface area contributed by atoms with Crippen molar-refractivity contribution in [3.63, 3.8) is 0 Å². The third-order valence-electron chi connectivity index (χ3n) is 10.6. The van der Waals surface area contributed by atoms with Gasteiger partial charge in [-0.3, -0.25) is 38.4 Å². The number of unbranched alkanes of at least 4 members (excludes halogenated alkanes) is 1. The van der Waals surface area contributed by atoms with Gasteiger partial charge in [0.25, 0.3) is 0 Å². The average molecular weight is 939 g/mol. The first kappa shape index (κ1) is 49.8. The van der Waals surface area contributed by atoms with Gasteiger partial charge in [0.1, 0.15) is 30.4 Å². The number of carboxylic acids is 1. The van der Waals surface area contributed by atoms with E-state index in [1.807, 2.05) is 59.6 Å². The highest BCUT2D eigenvalue weighted by molar-refractivity contribution is 8.76. The van der Waals surface area contributed by atoms with Crippen LogP contribution in [0, 0.1) is 0 Å². The Morgan fingerprint density at radius 3 is 2.60 bits per heavy atom. The van der Waals surface area contributed by atoms with Gasteiger partial charge in [-0.1, -0.05) is 44.9 Å². The number of nitrogens with one attached hydrogen (secondary N) is 6. The first-order valence-electron chi connectivity index (χ1n) is 21.1. The van der Waals surface area contributed by atoms with Gasteiger partial charge in [-0.25, -0.2) is 4.57 Å². The number of hydrogen-bond acceptors (Lipinski definition) is 12. The standard InChI is InChI=1S/C42H55N11O10S2/c1-26(18-38(57)58)48-36(56)21-45-40(60)32(10-5-6-14-51-15-16-53-37(51)11-7-13-47-53)49-35(55)12-17-64-65-24-33(39(43)59)50-41(61)34-19-29(22-52(34)42(62)27(2)46-25-54)63-23-28-20-44-31-9-4-3-8-30(28)31/h3-4,7-9,11,13,15-16,20,25-27,29,32-34,44H,5-6,10,12,14,17-19,21-24H2,1-2H3,(H7-,43,45,46,48,49,50,54,55,56,57,58,59,60,61)/p+1. The van der Waals surface area contributed by atoms with Crippen molar-refractivity contribution in [1.82, 2.24) is 46.1 Å². The van der Waals surface area contributed by atoms with E-state index < -0.39 is 84.3 Å². The van der Waals surface area contributed by atoms with Crippen molar-refractivity contribution in [2.45, 2.75) is 102 Å². The summed E-state index contributed by atoms with van der Waals surface area (Å²) in [5.41, 5.74) is 8.42. The minimum atomic E-state index is -1.13. The van der Waals surface area contributed by atoms with Crippen molar-refractivity contribution in [2.75, 3.05) is 24.6 Å². The molecule has 1 aliphatic rings. The van der Waals surface area contributed by atoms with Crippen LogP contribution in [0.5, 0.6) is 0 Å². The zero-order chi connectivity index (χ0) is 46.9. The molecule has 21 nitrogen and oxygen atoms in total. The predicted octanol–water partition coefficient (Wildman–Crippen LogP) is -0.0838. The number of aromatic amines is 1. The maximum absolute atomic E-state index is 13.7. The number of H-pyrrole nitrogens is 1. The minimum Gasteiger partial charge on any atom is -0.481 e. The third kappa shape index (κ3) is 14.9. The van der Waals surface area contributed by atoms with E-state index in [2.05, 4.69) is 36.7 Å². The van der Waals surface area contributed by atoms with E-state index in [9.17, 15) is 38.4 Å². The molecule has 1 aromatic carbocycles. The maximum atomic E-state index is 13.7. The van der Waals surface area contributed by atoms with Crippen molar-refractivity contribution in [1.29, 1.82) is 0 Å². The lowest BCUT2D eigenvalue weighted by Crippen LogP contribution is -2.55. The fourth-order valence-electron chi connectivity index (χ4n) is 7.28. The molecule has 1 fully saturated rings. The van der Waals surface area contributed by atoms with E-state index in [-0.39, 0.29) is 50.3 Å². The van der Waals surface area contributed by atoms with Gasteiger partial charge in [0.15, 0.2) is 6.20 Å². The Morgan fingerprint density at radius 1 is 1.03 bits per heavy atom. The van der Waals surface area contributed by atoms with E-state index >= 15 is 0 Å². The SMILES string of the molecule is CC(CC(=O)O)NC(=O)CNC(=O)C(CCCC[n+]1ccn2ncccc21)NC(=O)CCSSCC(NC(=O)C1CC(OCc2c[nH]c3ccccc23)CN1C(=O)C(C)NC=O)C(N)=O. The Hall–Kier alpha value is -6.20. The molecule has 0 bridgehead atoms. The van der Waals surface area contributed by atoms with Crippen LogP contribution in [0.3, 0.4) is 0 Å². The molecule has 6 unspecified atom stereocenters. The number of carbonyl (C=O) groups is 8. The van der Waals surface area contributed by atoms with Gasteiger partial charge in [-0.05, 0) is 45.2 Å². The molecule has 350 valence electrons. The average Bonchev–Trinajstić information content (AvgIpc) is 4.02. The molecule has 9 N–H and O–H groups in total. The molecule has 23 heteroatoms. The predicted molar refractivity (Wildman–Crippen MR) is 240 cm³/mol. The van der Waals surface area contributed by atoms with E-state index in [4.69, 9.17) is 15.6 Å². The van der Waals surface area contributed by atoms with Crippen molar-refractivity contribution in [2.24, 2.45) is 5.73 Å². The number of aromatic nitrogens is 4. The summed E-state index contributed by atoms with van der Waals surface area (Å²) < 4.78 is 9.94. The van der Waals surface area contributed by atoms with Crippen molar-refractivity contribution in [3.05, 3.63) is 66.7 Å². The maximum Gasteiger partial charge on any atom is 0.307 e. The molecule has 0 saturated carbocycles. The fraction of sp³-hybridized carbons (Fsp3) is 0.476. The molecule has 1 saturated heterocycles. The lowest BCUT2D eigenvalue weighted by Gasteiger charge is -2.27. The van der Waals surface area contributed by atoms with E-state index in [1.165, 1.54) is 40.3 Å². The Morgan fingerprint density at radius 2 is 1.83 bits per heavy atom. The number of hydrogen-bond donors (Lipinski definition) is 8. The third-order valence-corrected chi connectivity index (χ3v) is 13.0. The quantitative estimate of drug-likeness (QED) is 0.0168. The highest BCUT2D eigenvalue weighted by Crippen LogP contribution is 2.26. The van der Waals surface area contributed by atoms with Crippen molar-refractivity contribution < 1.29 is 52.8 Å². The monoisotopic (exact) mass is 938 g/mol. The number of amides is 7. The molecule has 1 aliphatic heterocycles. The van der Waals surface area contributed by atoms with E-state index in [1.54, 1.807) is 10.7 Å². The molecule has 3 aromatic heterocycles. The minimum absolute atomic E-state index is 0.00605. The topological polar surface area (TPSA) is 292 Å². The molecule has 65 heavy (non-hydrogen) atoms. The molecular formula is C42H56N11O10S2+. The van der Waals surface area contributed by atoms with Crippen molar-refractivity contribution in [3.8, 4) is 0 Å². The van der Waals surface area contributed by atoms with Crippen LogP contribution in [0.2, 0.25) is 0 Å². The highest BCUT2D eigenvalue weighted by atomic mass is 33.1. The normalized spacial score (nSPS) is 16.6. The summed E-state index contributed by atoms with van der Waals surface area (Å²) in [5, 5.41) is 27.1. The van der Waals surface area contributed by atoms with Crippen LogP contribution in [-0.2, 0) is 56.2 Å². The van der Waals surface area contributed by atoms with Crippen LogP contribution in [0.25, 0.3) is 16.6 Å². The van der Waals surface area contributed by atoms with E-state index in [0.717, 1.165) is 22.1 Å². The molecule has 6 atom stereocenters. The molecule has 0 radical (unpaired) electrons. The summed E-state index contributed by atoms with van der Waals surface area (Å²) in [6.07, 6.45) is 8.46. The van der Waals surface area contributed by atoms with Gasteiger partial charge >= 0.3 is 11.6 Å². The summed E-state index contributed by atoms with van der Waals surface area (Å²) in [6, 6.07) is 6.81. The van der Waals surface area contributed by atoms with Crippen LogP contribution >= 0.6 is 21.6 Å². The number of aliphatic carboxylic acids is 1. The van der Waals surface area contributed by atoms with Gasteiger partial charge in [-0.15, -0.1) is 4.52 Å². The van der Waals surface area contributed by atoms with Gasteiger partial charge < -0.3 is 52.0 Å². The Bertz CT molecular complexity index is 2310. The number of likely N-dealkylation sites (tertiary alicyclic amines) is 1. The highest BCUT2D eigenvalue weighted by Gasteiger charge is 2.42. The van der Waals surface area contributed by atoms with Crippen LogP contribution in [0.1, 0.15) is 57.9 Å². The molecule has 7 amide bonds. The summed E-state index contributed by atoms with van der Waals surface area (Å²) in [6.45, 7) is 3.55. The number of ether oxygens (including phenoxy) is 1. The Kier molecular flexibility index (Phi) is 19.0. The van der Waals surface area contributed by atoms with Crippen LogP contribution in [-0.4, -0.2) is 133 Å². The molecule has 4 aromatic rings. The zero-order valence-corrected chi connectivity index (χ0v) is 37.7. The van der Waals surface area contributed by atoms with Crippen LogP contribution < -0.4 is 36.9 Å². The number of nitrogens with two attached hydrogens (primary N) is 1. The van der Waals surface area contributed by atoms with Gasteiger partial charge in [-0.2, -0.15) is 0 Å². The molecular weight excluding hydrogens is 883 g/mol. The van der Waals surface area contributed by atoms with Crippen molar-refractivity contribution >= 4 is 86.0 Å². The number of carbonyl (C=O) groups excluding carboxylic acids is 7. The molecule has 4 heterocycles. The second-order valence-electron chi connectivity index (χ2n) is 15.6. The number of rotatable bonds is 27. The Balaban J connectivity index is 1.10. The number of nitrogens with zero attached hydrogens (tertiary/aromatic N) is 4. The number of carboxylic acid groups (broad SMARTS) is 1. The summed E-state index contributed by atoms with van der Waals surface area (Å²) in [5.74, 6) is -4.26. The summed E-state index contributed by atoms with van der Waals surface area (Å²) >= 11 is 0. The molecule has 0 aliphatic carbocycles. The smallest absolute Gasteiger partial charge is 0.307 e. The first-order valence-corrected chi connectivity index (χ1v) is 23.6. The lowest BCUT2D eigenvalue weighted by molar-refractivity contribution is -0.671. The van der Waals surface area contributed by atoms with Gasteiger partial charge in [0.2, 0.25) is 41.9 Å². The first-order chi connectivity index (χ1) is 31.2. The second-order valence-corrected chi connectivity index (χ2v) is 18.2. The Labute approximate surface area is 382 Å². The number of benzene rings is 1. The number of imidazole rings is 1. The van der Waals surface area contributed by atoms with Gasteiger partial charge in [0.05, 0.1) is 38.4 Å². The van der Waals surface area contributed by atoms with Crippen LogP contribution in [0.4, 0.5) is 0 Å². The number of aryl methyl sites for hydroxylation is 1. The largest absolute Gasteiger partial charge is 0.481 e. The number of para-hydroxylation sites is 1. The second kappa shape index (κ2) is 24.8. The van der Waals surface area contributed by atoms with E-state index in [0.29, 0.717) is 25.8 Å². The molecule has 5 rings (SSSR count). The van der Waals surface area contributed by atoms with Gasteiger partial charge in [0, 0.05) is 65.7 Å². The summed E-state index contributed by atoms with van der Waals surface area (Å²) in [7, 11) is 2.45. The summed E-state index contributed by atoms with van der Waals surface area (Å²) in [4.78, 5) is 105. The molecule has 0 spiro atoms. The fourth-order valence-corrected chi connectivity index (χ4v) is 9.45. The number of fused-ring (bicyclic) bond motifs is 2. The lowest BCUT2D eigenvalue weighted by atomic mass is 10.1. The zero-order valence-electron chi connectivity index (χ0n) is 36.1. The number of primary amides is 1. The van der Waals surface area contributed by atoms with Crippen LogP contribution in [0.15, 0.2) is 61.2 Å².